The molecular weight excluding hydrogens is 361 g/mol. The number of carbonyl (C=O) groups is 2. The van der Waals surface area contributed by atoms with Crippen molar-refractivity contribution in [1.29, 1.82) is 0 Å². The fraction of sp³-hybridized carbons (Fsp3) is 0.450. The van der Waals surface area contributed by atoms with E-state index >= 15 is 0 Å². The number of benzene rings is 1. The first-order chi connectivity index (χ1) is 13.5. The van der Waals surface area contributed by atoms with Crippen LogP contribution in [0.5, 0.6) is 0 Å². The van der Waals surface area contributed by atoms with E-state index in [1.165, 1.54) is 18.2 Å². The number of hydrogen-bond acceptors (Lipinski definition) is 4. The molecule has 0 radical (unpaired) electrons. The van der Waals surface area contributed by atoms with Crippen molar-refractivity contribution in [2.45, 2.75) is 31.8 Å². The van der Waals surface area contributed by atoms with Crippen LogP contribution in [0, 0.1) is 5.82 Å². The van der Waals surface area contributed by atoms with E-state index in [1.807, 2.05) is 0 Å². The molecule has 0 spiro atoms. The number of carbonyl (C=O) groups excluding carboxylic acids is 2. The molecule has 1 aromatic heterocycles. The minimum absolute atomic E-state index is 0.143. The Morgan fingerprint density at radius 2 is 2.04 bits per heavy atom. The molecule has 1 aromatic carbocycles. The molecule has 1 fully saturated rings. The van der Waals surface area contributed by atoms with Crippen molar-refractivity contribution >= 4 is 11.8 Å². The van der Waals surface area contributed by atoms with Gasteiger partial charge in [-0.05, 0) is 51.2 Å². The summed E-state index contributed by atoms with van der Waals surface area (Å²) < 4.78 is 13.5. The second-order valence-electron chi connectivity index (χ2n) is 7.57. The Labute approximate surface area is 162 Å². The zero-order chi connectivity index (χ0) is 19.7. The highest BCUT2D eigenvalue weighted by atomic mass is 19.1. The van der Waals surface area contributed by atoms with Gasteiger partial charge in [-0.1, -0.05) is 6.07 Å². The number of likely N-dealkylation sites (tertiary alicyclic amines) is 1. The van der Waals surface area contributed by atoms with Gasteiger partial charge in [-0.15, -0.1) is 0 Å². The zero-order valence-corrected chi connectivity index (χ0v) is 15.9. The lowest BCUT2D eigenvalue weighted by atomic mass is 10.0. The summed E-state index contributed by atoms with van der Waals surface area (Å²) in [5, 5.41) is 10.2. The lowest BCUT2D eigenvalue weighted by Crippen LogP contribution is -2.44. The molecule has 7 nitrogen and oxygen atoms in total. The lowest BCUT2D eigenvalue weighted by molar-refractivity contribution is 0.0730. The summed E-state index contributed by atoms with van der Waals surface area (Å²) in [5.41, 5.74) is 2.30. The number of H-pyrrole nitrogens is 1. The summed E-state index contributed by atoms with van der Waals surface area (Å²) in [6, 6.07) is 5.82. The predicted molar refractivity (Wildman–Crippen MR) is 101 cm³/mol. The zero-order valence-electron chi connectivity index (χ0n) is 15.9. The van der Waals surface area contributed by atoms with Gasteiger partial charge >= 0.3 is 0 Å². The molecule has 0 bridgehead atoms. The molecule has 1 saturated heterocycles. The largest absolute Gasteiger partial charge is 0.348 e. The number of fused-ring (bicyclic) bond motifs is 1. The Hall–Kier alpha value is -2.74. The molecule has 2 aromatic rings. The number of rotatable bonds is 3. The molecule has 2 aliphatic rings. The van der Waals surface area contributed by atoms with Gasteiger partial charge in [0.2, 0.25) is 0 Å². The van der Waals surface area contributed by atoms with Gasteiger partial charge in [0.15, 0.2) is 5.69 Å². The van der Waals surface area contributed by atoms with Crippen molar-refractivity contribution in [1.82, 2.24) is 25.3 Å². The number of nitrogens with one attached hydrogen (secondary N) is 2. The number of hydrogen-bond donors (Lipinski definition) is 2. The Bertz CT molecular complexity index is 888. The maximum absolute atomic E-state index is 13.5. The molecule has 2 aliphatic heterocycles. The van der Waals surface area contributed by atoms with Gasteiger partial charge in [0.25, 0.3) is 11.8 Å². The lowest BCUT2D eigenvalue weighted by Gasteiger charge is -2.30. The van der Waals surface area contributed by atoms with Crippen LogP contribution in [0.25, 0.3) is 0 Å². The number of halogens is 1. The molecule has 148 valence electrons. The van der Waals surface area contributed by atoms with E-state index in [0.29, 0.717) is 24.2 Å². The molecule has 0 saturated carbocycles. The first-order valence-electron chi connectivity index (χ1n) is 9.61. The first-order valence-corrected chi connectivity index (χ1v) is 9.61. The van der Waals surface area contributed by atoms with Gasteiger partial charge in [0.05, 0.1) is 6.54 Å². The standard InChI is InChI=1S/C20H24FN5O2/c1-25-8-5-15(6-9-25)22-19(27)18-16-12-26(10-7-17(16)23-24-18)20(28)13-3-2-4-14(21)11-13/h2-4,11,15H,5-10,12H2,1H3,(H,22,27)(H,23,24). The Morgan fingerprint density at radius 1 is 1.25 bits per heavy atom. The summed E-state index contributed by atoms with van der Waals surface area (Å²) in [6.45, 7) is 2.71. The molecule has 0 atom stereocenters. The van der Waals surface area contributed by atoms with Crippen LogP contribution in [0.4, 0.5) is 4.39 Å². The molecule has 0 aliphatic carbocycles. The van der Waals surface area contributed by atoms with Crippen molar-refractivity contribution in [2.24, 2.45) is 0 Å². The van der Waals surface area contributed by atoms with Gasteiger partial charge in [-0.2, -0.15) is 5.10 Å². The van der Waals surface area contributed by atoms with E-state index < -0.39 is 5.82 Å². The van der Waals surface area contributed by atoms with Crippen LogP contribution in [0.3, 0.4) is 0 Å². The van der Waals surface area contributed by atoms with Crippen molar-refractivity contribution < 1.29 is 14.0 Å². The minimum Gasteiger partial charge on any atom is -0.348 e. The average Bonchev–Trinajstić information content (AvgIpc) is 3.12. The van der Waals surface area contributed by atoms with Gasteiger partial charge < -0.3 is 15.1 Å². The topological polar surface area (TPSA) is 81.3 Å². The smallest absolute Gasteiger partial charge is 0.272 e. The fourth-order valence-electron chi connectivity index (χ4n) is 3.87. The summed E-state index contributed by atoms with van der Waals surface area (Å²) in [5.74, 6) is -0.884. The van der Waals surface area contributed by atoms with Gasteiger partial charge in [-0.3, -0.25) is 14.7 Å². The van der Waals surface area contributed by atoms with E-state index in [0.717, 1.165) is 37.2 Å². The van der Waals surface area contributed by atoms with Crippen LogP contribution in [-0.4, -0.2) is 64.5 Å². The van der Waals surface area contributed by atoms with Crippen LogP contribution in [-0.2, 0) is 13.0 Å². The molecule has 0 unspecified atom stereocenters. The Balaban J connectivity index is 1.47. The van der Waals surface area contributed by atoms with E-state index in [-0.39, 0.29) is 24.4 Å². The summed E-state index contributed by atoms with van der Waals surface area (Å²) in [7, 11) is 2.08. The molecule has 4 rings (SSSR count). The van der Waals surface area contributed by atoms with Crippen molar-refractivity contribution in [2.75, 3.05) is 26.7 Å². The maximum atomic E-state index is 13.5. The monoisotopic (exact) mass is 385 g/mol. The Kier molecular flexibility index (Phi) is 5.13. The highest BCUT2D eigenvalue weighted by Gasteiger charge is 2.29. The third kappa shape index (κ3) is 3.77. The highest BCUT2D eigenvalue weighted by molar-refractivity contribution is 5.96. The normalized spacial score (nSPS) is 18.0. The van der Waals surface area contributed by atoms with Gasteiger partial charge in [0, 0.05) is 35.8 Å². The molecule has 28 heavy (non-hydrogen) atoms. The van der Waals surface area contributed by atoms with Crippen LogP contribution in [0.1, 0.15) is 44.9 Å². The predicted octanol–water partition coefficient (Wildman–Crippen LogP) is 1.57. The first kappa shape index (κ1) is 18.6. The van der Waals surface area contributed by atoms with Crippen LogP contribution < -0.4 is 5.32 Å². The van der Waals surface area contributed by atoms with Gasteiger partial charge in [0.1, 0.15) is 5.82 Å². The number of amides is 2. The number of aromatic amines is 1. The van der Waals surface area contributed by atoms with E-state index in [1.54, 1.807) is 11.0 Å². The van der Waals surface area contributed by atoms with E-state index in [9.17, 15) is 14.0 Å². The third-order valence-electron chi connectivity index (χ3n) is 5.56. The van der Waals surface area contributed by atoms with E-state index in [4.69, 9.17) is 0 Å². The average molecular weight is 385 g/mol. The minimum atomic E-state index is -0.440. The number of aromatic nitrogens is 2. The van der Waals surface area contributed by atoms with E-state index in [2.05, 4.69) is 27.5 Å². The number of piperidine rings is 1. The van der Waals surface area contributed by atoms with Crippen LogP contribution in [0.2, 0.25) is 0 Å². The van der Waals surface area contributed by atoms with Crippen molar-refractivity contribution in [3.63, 3.8) is 0 Å². The van der Waals surface area contributed by atoms with Gasteiger partial charge in [-0.25, -0.2) is 4.39 Å². The second kappa shape index (κ2) is 7.71. The van der Waals surface area contributed by atoms with Crippen LogP contribution >= 0.6 is 0 Å². The second-order valence-corrected chi connectivity index (χ2v) is 7.57. The Morgan fingerprint density at radius 3 is 2.79 bits per heavy atom. The molecule has 2 N–H and O–H groups in total. The van der Waals surface area contributed by atoms with Crippen molar-refractivity contribution in [3.05, 3.63) is 52.6 Å². The fourth-order valence-corrected chi connectivity index (χ4v) is 3.87. The summed E-state index contributed by atoms with van der Waals surface area (Å²) in [4.78, 5) is 29.4. The SMILES string of the molecule is CN1CCC(NC(=O)c2n[nH]c3c2CN(C(=O)c2cccc(F)c2)CC3)CC1. The maximum Gasteiger partial charge on any atom is 0.272 e. The summed E-state index contributed by atoms with van der Waals surface area (Å²) in [6.07, 6.45) is 2.42. The number of nitrogens with zero attached hydrogens (tertiary/aromatic N) is 3. The highest BCUT2D eigenvalue weighted by Crippen LogP contribution is 2.22. The molecular formula is C20H24FN5O2. The molecule has 2 amide bonds. The molecule has 8 heteroatoms. The third-order valence-corrected chi connectivity index (χ3v) is 5.56. The molecule has 3 heterocycles. The van der Waals surface area contributed by atoms with Crippen LogP contribution in [0.15, 0.2) is 24.3 Å². The summed E-state index contributed by atoms with van der Waals surface area (Å²) >= 11 is 0. The van der Waals surface area contributed by atoms with Crippen molar-refractivity contribution in [3.8, 4) is 0 Å². The quantitative estimate of drug-likeness (QED) is 0.841.